The van der Waals surface area contributed by atoms with E-state index in [1.807, 2.05) is 0 Å². The Balaban J connectivity index is 3.28. The predicted octanol–water partition coefficient (Wildman–Crippen LogP) is 2.37. The lowest BCUT2D eigenvalue weighted by Gasteiger charge is -2.12. The third-order valence-electron chi connectivity index (χ3n) is 3.72. The minimum Gasteiger partial charge on any atom is -0.396 e. The van der Waals surface area contributed by atoms with Crippen molar-refractivity contribution in [3.8, 4) is 0 Å². The summed E-state index contributed by atoms with van der Waals surface area (Å²) in [6.07, 6.45) is 10.4. The van der Waals surface area contributed by atoms with Crippen LogP contribution in [0.3, 0.4) is 0 Å². The van der Waals surface area contributed by atoms with Gasteiger partial charge in [0.2, 0.25) is 0 Å². The van der Waals surface area contributed by atoms with Gasteiger partial charge in [-0.2, -0.15) is 0 Å². The summed E-state index contributed by atoms with van der Waals surface area (Å²) in [5, 5.41) is 36.8. The molecule has 4 heteroatoms. The molecule has 0 aromatic carbocycles. The van der Waals surface area contributed by atoms with Crippen LogP contribution in [0.2, 0.25) is 0 Å². The first-order chi connectivity index (χ1) is 9.70. The van der Waals surface area contributed by atoms with Crippen molar-refractivity contribution in [1.29, 1.82) is 0 Å². The first-order valence-corrected chi connectivity index (χ1v) is 8.28. The van der Waals surface area contributed by atoms with Crippen molar-refractivity contribution in [1.82, 2.24) is 0 Å². The molecule has 0 saturated heterocycles. The highest BCUT2D eigenvalue weighted by molar-refractivity contribution is 4.60. The van der Waals surface area contributed by atoms with Crippen LogP contribution in [-0.2, 0) is 0 Å². The van der Waals surface area contributed by atoms with Crippen LogP contribution >= 0.6 is 0 Å². The van der Waals surface area contributed by atoms with Gasteiger partial charge in [-0.1, -0.05) is 38.5 Å². The SMILES string of the molecule is OCCCCC[C@@H](O)CCCC[C@@H](O)CCCCCO. The molecule has 0 radical (unpaired) electrons. The molecule has 0 fully saturated rings. The summed E-state index contributed by atoms with van der Waals surface area (Å²) in [5.41, 5.74) is 0. The van der Waals surface area contributed by atoms with Crippen LogP contribution in [0.4, 0.5) is 0 Å². The number of hydrogen-bond donors (Lipinski definition) is 4. The molecule has 4 N–H and O–H groups in total. The highest BCUT2D eigenvalue weighted by atomic mass is 16.3. The van der Waals surface area contributed by atoms with E-state index < -0.39 is 0 Å². The second-order valence-corrected chi connectivity index (χ2v) is 5.74. The van der Waals surface area contributed by atoms with Crippen LogP contribution in [0.25, 0.3) is 0 Å². The Morgan fingerprint density at radius 3 is 1.05 bits per heavy atom. The minimum absolute atomic E-state index is 0.226. The first-order valence-electron chi connectivity index (χ1n) is 8.28. The molecule has 0 bridgehead atoms. The average Bonchev–Trinajstić information content (AvgIpc) is 2.44. The summed E-state index contributed by atoms with van der Waals surface area (Å²) in [7, 11) is 0. The molecule has 4 nitrogen and oxygen atoms in total. The van der Waals surface area contributed by atoms with Crippen LogP contribution in [-0.4, -0.2) is 45.8 Å². The van der Waals surface area contributed by atoms with Crippen molar-refractivity contribution in [2.24, 2.45) is 0 Å². The Labute approximate surface area is 123 Å². The highest BCUT2D eigenvalue weighted by Crippen LogP contribution is 2.14. The van der Waals surface area contributed by atoms with Crippen molar-refractivity contribution in [3.05, 3.63) is 0 Å². The number of unbranched alkanes of at least 4 members (excludes halogenated alkanes) is 5. The lowest BCUT2D eigenvalue weighted by Crippen LogP contribution is -2.09. The standard InChI is InChI=1S/C16H34O4/c17-13-7-1-3-9-15(19)11-5-6-12-16(20)10-4-2-8-14-18/h15-20H,1-14H2/t15-,16+. The van der Waals surface area contributed by atoms with Crippen LogP contribution < -0.4 is 0 Å². The van der Waals surface area contributed by atoms with Gasteiger partial charge in [-0.15, -0.1) is 0 Å². The number of rotatable bonds is 15. The van der Waals surface area contributed by atoms with Gasteiger partial charge in [-0.25, -0.2) is 0 Å². The van der Waals surface area contributed by atoms with Gasteiger partial charge in [-0.05, 0) is 38.5 Å². The van der Waals surface area contributed by atoms with Crippen LogP contribution in [0.15, 0.2) is 0 Å². The molecule has 0 aliphatic carbocycles. The molecule has 2 atom stereocenters. The Morgan fingerprint density at radius 1 is 0.450 bits per heavy atom. The van der Waals surface area contributed by atoms with E-state index in [-0.39, 0.29) is 25.4 Å². The molecule has 20 heavy (non-hydrogen) atoms. The number of aliphatic hydroxyl groups is 4. The Morgan fingerprint density at radius 2 is 0.750 bits per heavy atom. The fraction of sp³-hybridized carbons (Fsp3) is 1.00. The zero-order valence-electron chi connectivity index (χ0n) is 12.8. The second kappa shape index (κ2) is 15.2. The van der Waals surface area contributed by atoms with Gasteiger partial charge in [0.15, 0.2) is 0 Å². The molecule has 0 aromatic rings. The maximum atomic E-state index is 9.77. The molecule has 0 spiro atoms. The van der Waals surface area contributed by atoms with Crippen molar-refractivity contribution in [2.75, 3.05) is 13.2 Å². The van der Waals surface area contributed by atoms with Crippen molar-refractivity contribution < 1.29 is 20.4 Å². The van der Waals surface area contributed by atoms with Gasteiger partial charge in [0.05, 0.1) is 12.2 Å². The molecule has 0 rings (SSSR count). The molecule has 122 valence electrons. The van der Waals surface area contributed by atoms with E-state index in [9.17, 15) is 10.2 Å². The van der Waals surface area contributed by atoms with E-state index in [4.69, 9.17) is 10.2 Å². The van der Waals surface area contributed by atoms with Gasteiger partial charge in [0.25, 0.3) is 0 Å². The highest BCUT2D eigenvalue weighted by Gasteiger charge is 2.06. The number of aliphatic hydroxyl groups excluding tert-OH is 4. The smallest absolute Gasteiger partial charge is 0.0540 e. The van der Waals surface area contributed by atoms with Gasteiger partial charge < -0.3 is 20.4 Å². The van der Waals surface area contributed by atoms with Crippen molar-refractivity contribution in [3.63, 3.8) is 0 Å². The zero-order valence-corrected chi connectivity index (χ0v) is 12.8. The summed E-state index contributed by atoms with van der Waals surface area (Å²) < 4.78 is 0. The largest absolute Gasteiger partial charge is 0.396 e. The number of hydrogen-bond acceptors (Lipinski definition) is 4. The summed E-state index contributed by atoms with van der Waals surface area (Å²) in [5.74, 6) is 0. The zero-order chi connectivity index (χ0) is 15.1. The fourth-order valence-electron chi connectivity index (χ4n) is 2.39. The van der Waals surface area contributed by atoms with E-state index in [1.165, 1.54) is 0 Å². The molecule has 0 unspecified atom stereocenters. The van der Waals surface area contributed by atoms with Gasteiger partial charge >= 0.3 is 0 Å². The third-order valence-corrected chi connectivity index (χ3v) is 3.72. The Bertz CT molecular complexity index is 167. The van der Waals surface area contributed by atoms with Gasteiger partial charge in [0.1, 0.15) is 0 Å². The molecule has 0 saturated carbocycles. The summed E-state index contributed by atoms with van der Waals surface area (Å²) >= 11 is 0. The third kappa shape index (κ3) is 14.3. The van der Waals surface area contributed by atoms with Crippen molar-refractivity contribution >= 4 is 0 Å². The maximum absolute atomic E-state index is 9.77. The van der Waals surface area contributed by atoms with Gasteiger partial charge in [-0.3, -0.25) is 0 Å². The molecule has 0 heterocycles. The van der Waals surface area contributed by atoms with E-state index in [2.05, 4.69) is 0 Å². The molecule has 0 amide bonds. The fourth-order valence-corrected chi connectivity index (χ4v) is 2.39. The Kier molecular flexibility index (Phi) is 15.1. The van der Waals surface area contributed by atoms with E-state index in [0.29, 0.717) is 0 Å². The summed E-state index contributed by atoms with van der Waals surface area (Å²) in [6, 6.07) is 0. The summed E-state index contributed by atoms with van der Waals surface area (Å²) in [4.78, 5) is 0. The van der Waals surface area contributed by atoms with Crippen LogP contribution in [0.1, 0.15) is 77.0 Å². The lowest BCUT2D eigenvalue weighted by molar-refractivity contribution is 0.131. The molecule has 0 aliphatic rings. The molecular weight excluding hydrogens is 256 g/mol. The van der Waals surface area contributed by atoms with Crippen LogP contribution in [0.5, 0.6) is 0 Å². The molecule has 0 aromatic heterocycles. The first kappa shape index (κ1) is 19.8. The van der Waals surface area contributed by atoms with E-state index >= 15 is 0 Å². The lowest BCUT2D eigenvalue weighted by atomic mass is 10.0. The van der Waals surface area contributed by atoms with Gasteiger partial charge in [0, 0.05) is 13.2 Å². The monoisotopic (exact) mass is 290 g/mol. The normalized spacial score (nSPS) is 14.4. The van der Waals surface area contributed by atoms with E-state index in [1.54, 1.807) is 0 Å². The van der Waals surface area contributed by atoms with Crippen LogP contribution in [0, 0.1) is 0 Å². The van der Waals surface area contributed by atoms with E-state index in [0.717, 1.165) is 77.0 Å². The predicted molar refractivity (Wildman–Crippen MR) is 81.6 cm³/mol. The topological polar surface area (TPSA) is 80.9 Å². The van der Waals surface area contributed by atoms with Crippen molar-refractivity contribution in [2.45, 2.75) is 89.3 Å². The quantitative estimate of drug-likeness (QED) is 0.349. The average molecular weight is 290 g/mol. The molecule has 0 aliphatic heterocycles. The maximum Gasteiger partial charge on any atom is 0.0540 e. The minimum atomic E-state index is -0.226. The second-order valence-electron chi connectivity index (χ2n) is 5.74. The summed E-state index contributed by atoms with van der Waals surface area (Å²) in [6.45, 7) is 0.485. The molecular formula is C16H34O4. The Hall–Kier alpha value is -0.160.